The van der Waals surface area contributed by atoms with Crippen molar-refractivity contribution in [3.63, 3.8) is 0 Å². The summed E-state index contributed by atoms with van der Waals surface area (Å²) in [6.07, 6.45) is 3.68. The lowest BCUT2D eigenvalue weighted by atomic mass is 9.87. The summed E-state index contributed by atoms with van der Waals surface area (Å²) in [5, 5.41) is 9.38. The normalized spacial score (nSPS) is 21.1. The van der Waals surface area contributed by atoms with Crippen molar-refractivity contribution in [1.29, 1.82) is 0 Å². The van der Waals surface area contributed by atoms with E-state index in [1.807, 2.05) is 17.0 Å². The molecule has 0 radical (unpaired) electrons. The van der Waals surface area contributed by atoms with Crippen LogP contribution in [0.3, 0.4) is 0 Å². The Hall–Kier alpha value is -1.30. The van der Waals surface area contributed by atoms with Crippen molar-refractivity contribution in [2.24, 2.45) is 11.7 Å². The fraction of sp³-hybridized carbons (Fsp3) is 0.611. The van der Waals surface area contributed by atoms with E-state index >= 15 is 0 Å². The first kappa shape index (κ1) is 19.0. The van der Waals surface area contributed by atoms with Crippen LogP contribution in [0, 0.1) is 5.92 Å². The molecule has 0 aromatic heterocycles. The highest BCUT2D eigenvalue weighted by Crippen LogP contribution is 2.30. The summed E-state index contributed by atoms with van der Waals surface area (Å²) in [5.74, 6) is 1.11. The Kier molecular flexibility index (Phi) is 6.90. The maximum Gasteiger partial charge on any atom is 0.239 e. The smallest absolute Gasteiger partial charge is 0.239 e. The summed E-state index contributed by atoms with van der Waals surface area (Å²) in [6, 6.07) is 7.03. The Morgan fingerprint density at radius 1 is 1.12 bits per heavy atom. The van der Waals surface area contributed by atoms with Gasteiger partial charge in [-0.25, -0.2) is 0 Å². The van der Waals surface area contributed by atoms with Crippen LogP contribution in [0.4, 0.5) is 0 Å². The molecule has 2 aliphatic heterocycles. The molecule has 1 aromatic carbocycles. The minimum atomic E-state index is -0.385. The highest BCUT2D eigenvalue weighted by Gasteiger charge is 2.32. The third-order valence-electron chi connectivity index (χ3n) is 5.23. The van der Waals surface area contributed by atoms with Gasteiger partial charge in [0.1, 0.15) is 5.75 Å². The maximum absolute atomic E-state index is 12.6. The first-order chi connectivity index (χ1) is 11.1. The highest BCUT2D eigenvalue weighted by atomic mass is 35.5. The molecule has 2 heterocycles. The van der Waals surface area contributed by atoms with E-state index in [4.69, 9.17) is 10.5 Å². The van der Waals surface area contributed by atoms with Crippen LogP contribution >= 0.6 is 12.4 Å². The van der Waals surface area contributed by atoms with Gasteiger partial charge >= 0.3 is 0 Å². The largest absolute Gasteiger partial charge is 0.508 e. The van der Waals surface area contributed by atoms with Crippen molar-refractivity contribution >= 4 is 18.3 Å². The maximum atomic E-state index is 12.6. The van der Waals surface area contributed by atoms with Gasteiger partial charge in [0.25, 0.3) is 0 Å². The summed E-state index contributed by atoms with van der Waals surface area (Å²) in [5.41, 5.74) is 7.45. The molecule has 1 amide bonds. The Balaban J connectivity index is 0.00000208. The molecule has 2 fully saturated rings. The molecular formula is C18H27ClN2O3. The van der Waals surface area contributed by atoms with E-state index in [0.717, 1.165) is 38.8 Å². The molecule has 134 valence electrons. The van der Waals surface area contributed by atoms with E-state index in [0.29, 0.717) is 24.9 Å². The lowest BCUT2D eigenvalue weighted by molar-refractivity contribution is -0.135. The number of phenols is 1. The van der Waals surface area contributed by atoms with Crippen LogP contribution in [0.15, 0.2) is 24.3 Å². The second-order valence-electron chi connectivity index (χ2n) is 6.67. The quantitative estimate of drug-likeness (QED) is 0.873. The number of benzene rings is 1. The van der Waals surface area contributed by atoms with Gasteiger partial charge in [-0.2, -0.15) is 0 Å². The first-order valence-corrected chi connectivity index (χ1v) is 8.56. The van der Waals surface area contributed by atoms with Gasteiger partial charge in [-0.1, -0.05) is 12.1 Å². The van der Waals surface area contributed by atoms with Crippen molar-refractivity contribution in [3.8, 4) is 5.75 Å². The Morgan fingerprint density at radius 2 is 1.71 bits per heavy atom. The lowest BCUT2D eigenvalue weighted by Gasteiger charge is -2.36. The molecule has 1 unspecified atom stereocenters. The van der Waals surface area contributed by atoms with E-state index < -0.39 is 0 Å². The highest BCUT2D eigenvalue weighted by molar-refractivity contribution is 5.85. The van der Waals surface area contributed by atoms with Crippen LogP contribution in [0.25, 0.3) is 0 Å². The monoisotopic (exact) mass is 354 g/mol. The van der Waals surface area contributed by atoms with Crippen LogP contribution in [0.2, 0.25) is 0 Å². The van der Waals surface area contributed by atoms with Crippen LogP contribution < -0.4 is 5.73 Å². The minimum absolute atomic E-state index is 0. The molecule has 0 bridgehead atoms. The molecule has 3 N–H and O–H groups in total. The number of carbonyl (C=O) groups is 1. The number of rotatable bonds is 3. The van der Waals surface area contributed by atoms with E-state index in [9.17, 15) is 9.90 Å². The summed E-state index contributed by atoms with van der Waals surface area (Å²) in [4.78, 5) is 14.5. The molecule has 24 heavy (non-hydrogen) atoms. The number of hydrogen-bond donors (Lipinski definition) is 2. The number of likely N-dealkylation sites (tertiary alicyclic amines) is 1. The third-order valence-corrected chi connectivity index (χ3v) is 5.23. The number of phenolic OH excluding ortho intramolecular Hbond substituents is 1. The summed E-state index contributed by atoms with van der Waals surface area (Å²) >= 11 is 0. The van der Waals surface area contributed by atoms with Gasteiger partial charge < -0.3 is 20.5 Å². The number of piperidine rings is 1. The molecule has 2 saturated heterocycles. The molecule has 3 rings (SSSR count). The average Bonchev–Trinajstić information content (AvgIpc) is 2.62. The van der Waals surface area contributed by atoms with Crippen molar-refractivity contribution in [2.75, 3.05) is 26.3 Å². The average molecular weight is 355 g/mol. The van der Waals surface area contributed by atoms with E-state index in [1.54, 1.807) is 12.1 Å². The minimum Gasteiger partial charge on any atom is -0.508 e. The first-order valence-electron chi connectivity index (χ1n) is 8.56. The Bertz CT molecular complexity index is 524. The van der Waals surface area contributed by atoms with Crippen molar-refractivity contribution in [1.82, 2.24) is 4.90 Å². The molecule has 5 nitrogen and oxygen atoms in total. The molecule has 1 aromatic rings. The molecular weight excluding hydrogens is 328 g/mol. The molecule has 6 heteroatoms. The SMILES string of the molecule is Cl.NC(C(=O)N1CCC(c2ccc(O)cc2)CC1)C1CCOCC1. The number of amides is 1. The molecule has 1 atom stereocenters. The third kappa shape index (κ3) is 4.41. The number of hydrogen-bond acceptors (Lipinski definition) is 4. The van der Waals surface area contributed by atoms with Gasteiger partial charge in [0.15, 0.2) is 0 Å². The van der Waals surface area contributed by atoms with Crippen LogP contribution in [-0.2, 0) is 9.53 Å². The van der Waals surface area contributed by atoms with E-state index in [2.05, 4.69) is 0 Å². The Labute approximate surface area is 149 Å². The number of ether oxygens (including phenoxy) is 1. The predicted octanol–water partition coefficient (Wildman–Crippen LogP) is 2.27. The van der Waals surface area contributed by atoms with Crippen LogP contribution in [0.1, 0.15) is 37.2 Å². The number of nitrogens with two attached hydrogens (primary N) is 1. The standard InChI is InChI=1S/C18H26N2O3.ClH/c19-17(15-7-11-23-12-8-15)18(22)20-9-5-14(6-10-20)13-1-3-16(21)4-2-13;/h1-4,14-15,17,21H,5-12,19H2;1H. The van der Waals surface area contributed by atoms with Gasteiger partial charge in [0, 0.05) is 26.3 Å². The fourth-order valence-corrected chi connectivity index (χ4v) is 3.67. The zero-order valence-corrected chi connectivity index (χ0v) is 14.7. The molecule has 0 spiro atoms. The second kappa shape index (κ2) is 8.70. The number of aromatic hydroxyl groups is 1. The summed E-state index contributed by atoms with van der Waals surface area (Å²) < 4.78 is 5.35. The fourth-order valence-electron chi connectivity index (χ4n) is 3.67. The zero-order chi connectivity index (χ0) is 16.2. The van der Waals surface area contributed by atoms with Gasteiger partial charge in [-0.15, -0.1) is 12.4 Å². The van der Waals surface area contributed by atoms with Crippen molar-refractivity contribution in [2.45, 2.75) is 37.6 Å². The van der Waals surface area contributed by atoms with E-state index in [-0.39, 0.29) is 30.3 Å². The lowest BCUT2D eigenvalue weighted by Crippen LogP contribution is -2.51. The second-order valence-corrected chi connectivity index (χ2v) is 6.67. The molecule has 2 aliphatic rings. The van der Waals surface area contributed by atoms with E-state index in [1.165, 1.54) is 5.56 Å². The predicted molar refractivity (Wildman–Crippen MR) is 95.4 cm³/mol. The van der Waals surface area contributed by atoms with Crippen molar-refractivity contribution in [3.05, 3.63) is 29.8 Å². The zero-order valence-electron chi connectivity index (χ0n) is 13.9. The molecule has 0 saturated carbocycles. The molecule has 0 aliphatic carbocycles. The van der Waals surface area contributed by atoms with Gasteiger partial charge in [-0.05, 0) is 55.2 Å². The van der Waals surface area contributed by atoms with Gasteiger partial charge in [-0.3, -0.25) is 4.79 Å². The van der Waals surface area contributed by atoms with Gasteiger partial charge in [0.2, 0.25) is 5.91 Å². The van der Waals surface area contributed by atoms with Crippen molar-refractivity contribution < 1.29 is 14.6 Å². The van der Waals surface area contributed by atoms with Gasteiger partial charge in [0.05, 0.1) is 6.04 Å². The Morgan fingerprint density at radius 3 is 2.29 bits per heavy atom. The number of nitrogens with zero attached hydrogens (tertiary/aromatic N) is 1. The summed E-state index contributed by atoms with van der Waals surface area (Å²) in [7, 11) is 0. The van der Waals surface area contributed by atoms with Crippen LogP contribution in [-0.4, -0.2) is 48.3 Å². The number of halogens is 1. The number of carbonyl (C=O) groups excluding carboxylic acids is 1. The summed E-state index contributed by atoms with van der Waals surface area (Å²) in [6.45, 7) is 2.96. The topological polar surface area (TPSA) is 75.8 Å². The van der Waals surface area contributed by atoms with Crippen LogP contribution in [0.5, 0.6) is 5.75 Å².